The van der Waals surface area contributed by atoms with Crippen LogP contribution in [0.4, 0.5) is 0 Å². The number of aliphatic hydroxyl groups excluding tert-OH is 1. The lowest BCUT2D eigenvalue weighted by molar-refractivity contribution is 0.0529. The first-order chi connectivity index (χ1) is 8.22. The highest BCUT2D eigenvalue weighted by Crippen LogP contribution is 2.04. The number of benzene rings is 1. The van der Waals surface area contributed by atoms with Crippen molar-refractivity contribution in [2.45, 2.75) is 12.6 Å². The Hall–Kier alpha value is -1.72. The van der Waals surface area contributed by atoms with Gasteiger partial charge in [-0.05, 0) is 12.1 Å². The Bertz CT molecular complexity index is 565. The highest BCUT2D eigenvalue weighted by Gasteiger charge is 2.08. The van der Waals surface area contributed by atoms with Gasteiger partial charge in [0.1, 0.15) is 0 Å². The summed E-state index contributed by atoms with van der Waals surface area (Å²) in [6.45, 7) is 0.379. The Kier molecular flexibility index (Phi) is 3.51. The van der Waals surface area contributed by atoms with Crippen molar-refractivity contribution in [1.29, 1.82) is 0 Å². The minimum Gasteiger partial charge on any atom is -0.389 e. The van der Waals surface area contributed by atoms with E-state index >= 15 is 0 Å². The molecule has 0 spiro atoms. The van der Waals surface area contributed by atoms with E-state index in [9.17, 15) is 9.90 Å². The van der Waals surface area contributed by atoms with E-state index in [0.29, 0.717) is 10.9 Å². The first-order valence-corrected chi connectivity index (χ1v) is 5.33. The molecular formula is C12H14N2O3. The lowest BCUT2D eigenvalue weighted by Gasteiger charge is -2.11. The molecule has 1 N–H and O–H groups in total. The van der Waals surface area contributed by atoms with Crippen LogP contribution in [0.5, 0.6) is 0 Å². The molecule has 0 fully saturated rings. The molecule has 2 aromatic rings. The zero-order chi connectivity index (χ0) is 12.3. The Labute approximate surface area is 98.3 Å². The summed E-state index contributed by atoms with van der Waals surface area (Å²) in [6.07, 6.45) is 0.740. The second-order valence-corrected chi connectivity index (χ2v) is 3.83. The van der Waals surface area contributed by atoms with Gasteiger partial charge in [-0.1, -0.05) is 12.1 Å². The molecule has 1 unspecified atom stereocenters. The molecular weight excluding hydrogens is 220 g/mol. The molecule has 0 saturated heterocycles. The van der Waals surface area contributed by atoms with Crippen LogP contribution in [0.15, 0.2) is 35.4 Å². The van der Waals surface area contributed by atoms with Crippen molar-refractivity contribution in [2.24, 2.45) is 0 Å². The maximum atomic E-state index is 12.0. The Balaban J connectivity index is 2.36. The van der Waals surface area contributed by atoms with Crippen LogP contribution in [0, 0.1) is 0 Å². The molecule has 0 amide bonds. The third-order valence-electron chi connectivity index (χ3n) is 2.50. The predicted octanol–water partition coefficient (Wildman–Crippen LogP) is 0.404. The molecule has 1 heterocycles. The summed E-state index contributed by atoms with van der Waals surface area (Å²) in [5.41, 5.74) is 0.515. The zero-order valence-electron chi connectivity index (χ0n) is 9.54. The van der Waals surface area contributed by atoms with Gasteiger partial charge in [0, 0.05) is 7.11 Å². The van der Waals surface area contributed by atoms with E-state index in [-0.39, 0.29) is 18.7 Å². The van der Waals surface area contributed by atoms with Crippen LogP contribution in [-0.2, 0) is 11.3 Å². The number of aromatic nitrogens is 2. The van der Waals surface area contributed by atoms with E-state index in [1.54, 1.807) is 18.2 Å². The molecule has 0 saturated carbocycles. The Morgan fingerprint density at radius 1 is 1.47 bits per heavy atom. The molecule has 1 aromatic carbocycles. The molecule has 5 heteroatoms. The van der Waals surface area contributed by atoms with Gasteiger partial charge in [0.15, 0.2) is 0 Å². The SMILES string of the molecule is COCC(O)Cn1cnc2ccccc2c1=O. The molecule has 2 rings (SSSR count). The highest BCUT2D eigenvalue weighted by molar-refractivity contribution is 5.76. The average molecular weight is 234 g/mol. The van der Waals surface area contributed by atoms with Crippen LogP contribution < -0.4 is 5.56 Å². The molecule has 1 aromatic heterocycles. The molecule has 17 heavy (non-hydrogen) atoms. The summed E-state index contributed by atoms with van der Waals surface area (Å²) < 4.78 is 6.21. The van der Waals surface area contributed by atoms with Gasteiger partial charge in [0.25, 0.3) is 5.56 Å². The Morgan fingerprint density at radius 2 is 2.24 bits per heavy atom. The van der Waals surface area contributed by atoms with E-state index < -0.39 is 6.10 Å². The lowest BCUT2D eigenvalue weighted by Crippen LogP contribution is -2.29. The number of fused-ring (bicyclic) bond motifs is 1. The first kappa shape index (κ1) is 11.8. The third-order valence-corrected chi connectivity index (χ3v) is 2.50. The number of hydrogen-bond donors (Lipinski definition) is 1. The van der Waals surface area contributed by atoms with Crippen molar-refractivity contribution in [2.75, 3.05) is 13.7 Å². The van der Waals surface area contributed by atoms with E-state index in [2.05, 4.69) is 4.98 Å². The standard InChI is InChI=1S/C12H14N2O3/c1-17-7-9(15)6-14-8-13-11-5-3-2-4-10(11)12(14)16/h2-5,8-9,15H,6-7H2,1H3. The molecule has 1 atom stereocenters. The van der Waals surface area contributed by atoms with Gasteiger partial charge in [-0.3, -0.25) is 9.36 Å². The van der Waals surface area contributed by atoms with E-state index in [4.69, 9.17) is 4.74 Å². The van der Waals surface area contributed by atoms with Gasteiger partial charge in [-0.2, -0.15) is 0 Å². The highest BCUT2D eigenvalue weighted by atomic mass is 16.5. The fourth-order valence-electron chi connectivity index (χ4n) is 1.71. The van der Waals surface area contributed by atoms with Crippen molar-refractivity contribution in [3.63, 3.8) is 0 Å². The molecule has 90 valence electrons. The number of para-hydroxylation sites is 1. The average Bonchev–Trinajstić information content (AvgIpc) is 2.33. The summed E-state index contributed by atoms with van der Waals surface area (Å²) in [7, 11) is 1.50. The van der Waals surface area contributed by atoms with E-state index in [1.165, 1.54) is 18.0 Å². The first-order valence-electron chi connectivity index (χ1n) is 5.33. The summed E-state index contributed by atoms with van der Waals surface area (Å²) in [6, 6.07) is 7.14. The van der Waals surface area contributed by atoms with Crippen LogP contribution >= 0.6 is 0 Å². The van der Waals surface area contributed by atoms with Crippen LogP contribution in [0.3, 0.4) is 0 Å². The van der Waals surface area contributed by atoms with Gasteiger partial charge in [0.2, 0.25) is 0 Å². The van der Waals surface area contributed by atoms with E-state index in [0.717, 1.165) is 0 Å². The largest absolute Gasteiger partial charge is 0.389 e. The summed E-state index contributed by atoms with van der Waals surface area (Å²) in [4.78, 5) is 16.2. The summed E-state index contributed by atoms with van der Waals surface area (Å²) in [5, 5.41) is 10.1. The third kappa shape index (κ3) is 2.51. The second kappa shape index (κ2) is 5.07. The fourth-order valence-corrected chi connectivity index (χ4v) is 1.71. The van der Waals surface area contributed by atoms with Crippen molar-refractivity contribution in [3.05, 3.63) is 40.9 Å². The van der Waals surface area contributed by atoms with Gasteiger partial charge >= 0.3 is 0 Å². The van der Waals surface area contributed by atoms with Gasteiger partial charge in [-0.25, -0.2) is 4.98 Å². The molecule has 0 aliphatic heterocycles. The van der Waals surface area contributed by atoms with Crippen LogP contribution in [-0.4, -0.2) is 34.5 Å². The smallest absolute Gasteiger partial charge is 0.261 e. The molecule has 0 radical (unpaired) electrons. The van der Waals surface area contributed by atoms with Crippen molar-refractivity contribution in [1.82, 2.24) is 9.55 Å². The molecule has 0 aliphatic rings. The maximum absolute atomic E-state index is 12.0. The fraction of sp³-hybridized carbons (Fsp3) is 0.333. The van der Waals surface area contributed by atoms with Crippen LogP contribution in [0.25, 0.3) is 10.9 Å². The number of ether oxygens (including phenoxy) is 1. The van der Waals surface area contributed by atoms with Gasteiger partial charge in [-0.15, -0.1) is 0 Å². The predicted molar refractivity (Wildman–Crippen MR) is 63.9 cm³/mol. The maximum Gasteiger partial charge on any atom is 0.261 e. The van der Waals surface area contributed by atoms with E-state index in [1.807, 2.05) is 6.07 Å². The number of hydrogen-bond acceptors (Lipinski definition) is 4. The second-order valence-electron chi connectivity index (χ2n) is 3.83. The van der Waals surface area contributed by atoms with Crippen LogP contribution in [0.1, 0.15) is 0 Å². The lowest BCUT2D eigenvalue weighted by atomic mass is 10.2. The van der Waals surface area contributed by atoms with Crippen molar-refractivity contribution >= 4 is 10.9 Å². The number of aliphatic hydroxyl groups is 1. The monoisotopic (exact) mass is 234 g/mol. The van der Waals surface area contributed by atoms with Crippen LogP contribution in [0.2, 0.25) is 0 Å². The zero-order valence-corrected chi connectivity index (χ0v) is 9.54. The molecule has 5 nitrogen and oxygen atoms in total. The van der Waals surface area contributed by atoms with Crippen molar-refractivity contribution in [3.8, 4) is 0 Å². The minimum atomic E-state index is -0.708. The number of rotatable bonds is 4. The topological polar surface area (TPSA) is 64.3 Å². The van der Waals surface area contributed by atoms with Gasteiger partial charge < -0.3 is 9.84 Å². The van der Waals surface area contributed by atoms with Crippen molar-refractivity contribution < 1.29 is 9.84 Å². The quantitative estimate of drug-likeness (QED) is 0.832. The Morgan fingerprint density at radius 3 is 3.00 bits per heavy atom. The van der Waals surface area contributed by atoms with Gasteiger partial charge in [0.05, 0.1) is 36.5 Å². The summed E-state index contributed by atoms with van der Waals surface area (Å²) >= 11 is 0. The summed E-state index contributed by atoms with van der Waals surface area (Å²) in [5.74, 6) is 0. The number of nitrogens with zero attached hydrogens (tertiary/aromatic N) is 2. The molecule has 0 bridgehead atoms. The molecule has 0 aliphatic carbocycles. The number of methoxy groups -OCH3 is 1. The minimum absolute atomic E-state index is 0.147. The normalized spacial score (nSPS) is 12.8.